The maximum Gasteiger partial charge on any atom is 0.227 e. The van der Waals surface area contributed by atoms with E-state index >= 15 is 0 Å². The van der Waals surface area contributed by atoms with Gasteiger partial charge in [0.15, 0.2) is 0 Å². The summed E-state index contributed by atoms with van der Waals surface area (Å²) in [5.74, 6) is -0.321. The van der Waals surface area contributed by atoms with Gasteiger partial charge in [-0.25, -0.2) is 9.82 Å². The van der Waals surface area contributed by atoms with Crippen molar-refractivity contribution in [3.8, 4) is 0 Å². The molecule has 0 unspecified atom stereocenters. The molecule has 1 aromatic rings. The Morgan fingerprint density at radius 3 is 3.00 bits per heavy atom. The van der Waals surface area contributed by atoms with Crippen molar-refractivity contribution in [1.82, 2.24) is 5.43 Å². The van der Waals surface area contributed by atoms with Gasteiger partial charge >= 0.3 is 0 Å². The molecule has 0 bridgehead atoms. The van der Waals surface area contributed by atoms with E-state index in [9.17, 15) is 9.18 Å². The first-order valence-corrected chi connectivity index (χ1v) is 3.72. The number of hydrogen-bond donors (Lipinski definition) is 1. The minimum atomic E-state index is -0.321. The molecule has 0 radical (unpaired) electrons. The van der Waals surface area contributed by atoms with Gasteiger partial charge in [0.05, 0.1) is 6.21 Å². The Balaban J connectivity index is 2.86. The van der Waals surface area contributed by atoms with Crippen molar-refractivity contribution in [3.63, 3.8) is 0 Å². The van der Waals surface area contributed by atoms with Gasteiger partial charge in [-0.1, -0.05) is 6.07 Å². The first-order chi connectivity index (χ1) is 6.24. The number of hydrogen-bond acceptors (Lipinski definition) is 2. The van der Waals surface area contributed by atoms with Crippen LogP contribution in [0.15, 0.2) is 23.3 Å². The van der Waals surface area contributed by atoms with Crippen LogP contribution in [-0.2, 0) is 4.79 Å². The lowest BCUT2D eigenvalue weighted by Gasteiger charge is -1.98. The van der Waals surface area contributed by atoms with Crippen LogP contribution in [0.2, 0.25) is 0 Å². The van der Waals surface area contributed by atoms with E-state index in [4.69, 9.17) is 0 Å². The Morgan fingerprint density at radius 2 is 2.31 bits per heavy atom. The van der Waals surface area contributed by atoms with E-state index in [0.29, 0.717) is 12.0 Å². The third-order valence-electron chi connectivity index (χ3n) is 1.57. The normalized spacial score (nSPS) is 10.3. The first-order valence-electron chi connectivity index (χ1n) is 3.72. The highest BCUT2D eigenvalue weighted by molar-refractivity contribution is 5.81. The molecule has 3 nitrogen and oxygen atoms in total. The highest BCUT2D eigenvalue weighted by atomic mass is 19.1. The Hall–Kier alpha value is -1.71. The van der Waals surface area contributed by atoms with E-state index in [1.54, 1.807) is 6.07 Å². The Labute approximate surface area is 75.3 Å². The lowest BCUT2D eigenvalue weighted by atomic mass is 10.1. The van der Waals surface area contributed by atoms with E-state index in [1.165, 1.54) is 18.3 Å². The molecule has 0 aromatic heterocycles. The lowest BCUT2D eigenvalue weighted by Crippen LogP contribution is -2.01. The summed E-state index contributed by atoms with van der Waals surface area (Å²) in [7, 11) is 0. The van der Waals surface area contributed by atoms with Crippen molar-refractivity contribution in [2.45, 2.75) is 6.92 Å². The molecule has 1 amide bonds. The van der Waals surface area contributed by atoms with Gasteiger partial charge in [-0.05, 0) is 24.6 Å². The van der Waals surface area contributed by atoms with E-state index in [1.807, 2.05) is 6.92 Å². The molecule has 0 saturated heterocycles. The largest absolute Gasteiger partial charge is 0.277 e. The highest BCUT2D eigenvalue weighted by Gasteiger charge is 1.96. The summed E-state index contributed by atoms with van der Waals surface area (Å²) in [5, 5.41) is 3.55. The van der Waals surface area contributed by atoms with Gasteiger partial charge in [0.25, 0.3) is 0 Å². The van der Waals surface area contributed by atoms with E-state index in [0.717, 1.165) is 5.56 Å². The number of nitrogens with one attached hydrogen (secondary N) is 1. The SMILES string of the molecule is Cc1ccc(F)cc1/C=N\NC=O. The molecule has 4 heteroatoms. The van der Waals surface area contributed by atoms with Crippen LogP contribution in [0.25, 0.3) is 0 Å². The summed E-state index contributed by atoms with van der Waals surface area (Å²) in [4.78, 5) is 9.85. The smallest absolute Gasteiger partial charge is 0.227 e. The van der Waals surface area contributed by atoms with Gasteiger partial charge in [-0.2, -0.15) is 5.10 Å². The number of amides is 1. The molecule has 0 saturated carbocycles. The number of nitrogens with zero attached hydrogens (tertiary/aromatic N) is 1. The fourth-order valence-electron chi connectivity index (χ4n) is 0.888. The van der Waals surface area contributed by atoms with Crippen LogP contribution in [-0.4, -0.2) is 12.6 Å². The fraction of sp³-hybridized carbons (Fsp3) is 0.111. The highest BCUT2D eigenvalue weighted by Crippen LogP contribution is 2.07. The Morgan fingerprint density at radius 1 is 1.54 bits per heavy atom. The standard InChI is InChI=1S/C9H9FN2O/c1-7-2-3-9(10)4-8(7)5-11-12-6-13/h2-6H,1H3,(H,12,13)/b11-5-. The van der Waals surface area contributed by atoms with Gasteiger partial charge < -0.3 is 0 Å². The number of hydrazone groups is 1. The molecule has 68 valence electrons. The summed E-state index contributed by atoms with van der Waals surface area (Å²) in [6.07, 6.45) is 1.85. The summed E-state index contributed by atoms with van der Waals surface area (Å²) >= 11 is 0. The van der Waals surface area contributed by atoms with Crippen molar-refractivity contribution in [2.24, 2.45) is 5.10 Å². The van der Waals surface area contributed by atoms with E-state index in [-0.39, 0.29) is 5.82 Å². The zero-order chi connectivity index (χ0) is 9.68. The first kappa shape index (κ1) is 9.38. The molecule has 0 aliphatic rings. The monoisotopic (exact) mass is 180 g/mol. The summed E-state index contributed by atoms with van der Waals surface area (Å²) in [6.45, 7) is 1.84. The van der Waals surface area contributed by atoms with Gasteiger partial charge in [0.1, 0.15) is 5.82 Å². The van der Waals surface area contributed by atoms with Gasteiger partial charge in [-0.15, -0.1) is 0 Å². The third-order valence-corrected chi connectivity index (χ3v) is 1.57. The fourth-order valence-corrected chi connectivity index (χ4v) is 0.888. The predicted molar refractivity (Wildman–Crippen MR) is 47.9 cm³/mol. The van der Waals surface area contributed by atoms with Crippen LogP contribution >= 0.6 is 0 Å². The quantitative estimate of drug-likeness (QED) is 0.424. The molecule has 0 fully saturated rings. The van der Waals surface area contributed by atoms with Crippen LogP contribution < -0.4 is 5.43 Å². The second-order valence-electron chi connectivity index (χ2n) is 2.51. The van der Waals surface area contributed by atoms with Crippen LogP contribution in [0.1, 0.15) is 11.1 Å². The number of aryl methyl sites for hydroxylation is 1. The number of carbonyl (C=O) groups is 1. The molecular weight excluding hydrogens is 171 g/mol. The van der Waals surface area contributed by atoms with Crippen LogP contribution in [0.5, 0.6) is 0 Å². The summed E-state index contributed by atoms with van der Waals surface area (Å²) < 4.78 is 12.7. The Bertz CT molecular complexity index is 336. The number of rotatable bonds is 3. The van der Waals surface area contributed by atoms with Crippen LogP contribution in [0.4, 0.5) is 4.39 Å². The van der Waals surface area contributed by atoms with Crippen LogP contribution in [0.3, 0.4) is 0 Å². The molecule has 0 aliphatic heterocycles. The van der Waals surface area contributed by atoms with Crippen molar-refractivity contribution < 1.29 is 9.18 Å². The zero-order valence-corrected chi connectivity index (χ0v) is 7.12. The average molecular weight is 180 g/mol. The minimum absolute atomic E-state index is 0.321. The van der Waals surface area contributed by atoms with E-state index in [2.05, 4.69) is 10.5 Å². The van der Waals surface area contributed by atoms with Crippen molar-refractivity contribution in [1.29, 1.82) is 0 Å². The minimum Gasteiger partial charge on any atom is -0.277 e. The molecule has 1 aromatic carbocycles. The zero-order valence-electron chi connectivity index (χ0n) is 7.12. The van der Waals surface area contributed by atoms with Crippen molar-refractivity contribution >= 4 is 12.6 Å². The van der Waals surface area contributed by atoms with E-state index < -0.39 is 0 Å². The van der Waals surface area contributed by atoms with Crippen LogP contribution in [0, 0.1) is 12.7 Å². The van der Waals surface area contributed by atoms with Gasteiger partial charge in [0, 0.05) is 5.56 Å². The molecule has 0 spiro atoms. The molecule has 0 heterocycles. The maximum atomic E-state index is 12.7. The summed E-state index contributed by atoms with van der Waals surface area (Å²) in [5.41, 5.74) is 3.66. The lowest BCUT2D eigenvalue weighted by molar-refractivity contribution is -0.109. The number of carbonyl (C=O) groups excluding carboxylic acids is 1. The number of benzene rings is 1. The molecule has 0 aliphatic carbocycles. The predicted octanol–water partition coefficient (Wildman–Crippen LogP) is 1.21. The summed E-state index contributed by atoms with van der Waals surface area (Å²) in [6, 6.07) is 4.38. The Kier molecular flexibility index (Phi) is 3.14. The second-order valence-corrected chi connectivity index (χ2v) is 2.51. The third kappa shape index (κ3) is 2.66. The van der Waals surface area contributed by atoms with Gasteiger partial charge in [0.2, 0.25) is 6.41 Å². The maximum absolute atomic E-state index is 12.7. The number of halogens is 1. The van der Waals surface area contributed by atoms with Gasteiger partial charge in [-0.3, -0.25) is 4.79 Å². The topological polar surface area (TPSA) is 41.5 Å². The molecule has 0 atom stereocenters. The van der Waals surface area contributed by atoms with Crippen molar-refractivity contribution in [2.75, 3.05) is 0 Å². The second kappa shape index (κ2) is 4.35. The molecular formula is C9H9FN2O. The molecule has 1 N–H and O–H groups in total. The average Bonchev–Trinajstić information content (AvgIpc) is 2.11. The molecule has 13 heavy (non-hydrogen) atoms. The van der Waals surface area contributed by atoms with Crippen molar-refractivity contribution in [3.05, 3.63) is 35.1 Å². The molecule has 1 rings (SSSR count).